The van der Waals surface area contributed by atoms with Gasteiger partial charge in [0, 0.05) is 0 Å². The molecule has 11 rings (SSSR count). The molecular weight excluding hydrogens is 504 g/mol. The first-order chi connectivity index (χ1) is 20.8. The summed E-state index contributed by atoms with van der Waals surface area (Å²) in [6, 6.07) is 41.9. The fourth-order valence-corrected chi connectivity index (χ4v) is 8.90. The molecule has 0 radical (unpaired) electrons. The van der Waals surface area contributed by atoms with E-state index in [9.17, 15) is 0 Å². The predicted molar refractivity (Wildman–Crippen MR) is 174 cm³/mol. The van der Waals surface area contributed by atoms with Gasteiger partial charge in [-0.15, -0.1) is 0 Å². The van der Waals surface area contributed by atoms with Gasteiger partial charge in [0.25, 0.3) is 0 Å². The fourth-order valence-electron chi connectivity index (χ4n) is 8.90. The fraction of sp³-hybridized carbons (Fsp3) is 0.0952. The van der Waals surface area contributed by atoms with Crippen LogP contribution in [0.15, 0.2) is 109 Å². The smallest absolute Gasteiger partial charge is 0.000421 e. The molecule has 0 N–H and O–H groups in total. The Balaban J connectivity index is 1.01. The van der Waals surface area contributed by atoms with Gasteiger partial charge in [0.2, 0.25) is 0 Å². The van der Waals surface area contributed by atoms with Gasteiger partial charge in [-0.2, -0.15) is 0 Å². The van der Waals surface area contributed by atoms with E-state index in [1.54, 1.807) is 22.3 Å². The van der Waals surface area contributed by atoms with E-state index in [0.29, 0.717) is 0 Å². The number of rotatable bonds is 0. The lowest BCUT2D eigenvalue weighted by Gasteiger charge is -2.09. The highest BCUT2D eigenvalue weighted by molar-refractivity contribution is 5.98. The van der Waals surface area contributed by atoms with Crippen LogP contribution in [0.3, 0.4) is 0 Å². The molecule has 7 aromatic rings. The Morgan fingerprint density at radius 2 is 0.714 bits per heavy atom. The maximum absolute atomic E-state index is 2.54. The van der Waals surface area contributed by atoms with Crippen LogP contribution in [0.5, 0.6) is 0 Å². The second-order valence-corrected chi connectivity index (χ2v) is 12.8. The van der Waals surface area contributed by atoms with Crippen LogP contribution in [-0.4, -0.2) is 0 Å². The van der Waals surface area contributed by atoms with Crippen molar-refractivity contribution in [3.63, 3.8) is 0 Å². The van der Waals surface area contributed by atoms with Gasteiger partial charge in [0.1, 0.15) is 0 Å². The summed E-state index contributed by atoms with van der Waals surface area (Å²) in [5, 5.41) is 5.45. The third-order valence-corrected chi connectivity index (χ3v) is 10.8. The highest BCUT2D eigenvalue weighted by Gasteiger charge is 2.33. The van der Waals surface area contributed by atoms with E-state index in [0.717, 1.165) is 25.7 Å². The first-order valence-corrected chi connectivity index (χ1v) is 15.3. The Labute approximate surface area is 244 Å². The maximum atomic E-state index is 2.54. The van der Waals surface area contributed by atoms with E-state index in [1.165, 1.54) is 88.3 Å². The van der Waals surface area contributed by atoms with Gasteiger partial charge in [0.05, 0.1) is 0 Å². The SMILES string of the molecule is c1ccc2cc3c(cc2c1)Cc1c-3ccc2c1Cc1cc3c(cc1-2)Cc1c-3ccc2c1Cc1c-2ccc2ccccc12. The molecule has 0 nitrogen and oxygen atoms in total. The zero-order valence-electron chi connectivity index (χ0n) is 23.2. The quantitative estimate of drug-likeness (QED) is 0.183. The van der Waals surface area contributed by atoms with Crippen molar-refractivity contribution in [3.05, 3.63) is 154 Å². The van der Waals surface area contributed by atoms with Crippen molar-refractivity contribution in [1.29, 1.82) is 0 Å². The van der Waals surface area contributed by atoms with Crippen molar-refractivity contribution in [2.75, 3.05) is 0 Å². The highest BCUT2D eigenvalue weighted by Crippen LogP contribution is 2.52. The lowest BCUT2D eigenvalue weighted by molar-refractivity contribution is 1.16. The summed E-state index contributed by atoms with van der Waals surface area (Å²) in [7, 11) is 0. The normalized spacial score (nSPS) is 14.3. The Bertz CT molecular complexity index is 2400. The average molecular weight is 531 g/mol. The van der Waals surface area contributed by atoms with Crippen molar-refractivity contribution in [2.45, 2.75) is 25.7 Å². The predicted octanol–water partition coefficient (Wildman–Crippen LogP) is 10.3. The number of hydrogen-bond donors (Lipinski definition) is 0. The van der Waals surface area contributed by atoms with Gasteiger partial charge in [-0.1, -0.05) is 91.0 Å². The Morgan fingerprint density at radius 1 is 0.286 bits per heavy atom. The monoisotopic (exact) mass is 530 g/mol. The standard InChI is InChI=1S/C42H26/c1-2-7-25-16-35-26(15-24(25)6-1)19-38-32(35)13-14-33-36-18-28-21-40-34(37(28)17-27(36)20-39(33)38)12-11-31-30-10-9-23-5-3-4-8-29(23)41(30)22-42(31)40/h1-18H,19-22H2. The molecule has 7 aromatic carbocycles. The first-order valence-electron chi connectivity index (χ1n) is 15.3. The summed E-state index contributed by atoms with van der Waals surface area (Å²) < 4.78 is 0. The summed E-state index contributed by atoms with van der Waals surface area (Å²) in [5.41, 5.74) is 23.8. The maximum Gasteiger partial charge on any atom is -0.000421 e. The van der Waals surface area contributed by atoms with Gasteiger partial charge in [-0.05, 0) is 154 Å². The molecular formula is C42H26. The summed E-state index contributed by atoms with van der Waals surface area (Å²) in [4.78, 5) is 0. The Hall–Kier alpha value is -4.94. The molecule has 0 unspecified atom stereocenters. The largest absolute Gasteiger partial charge is 0.0616 e. The molecule has 0 saturated carbocycles. The van der Waals surface area contributed by atoms with Crippen LogP contribution in [0, 0.1) is 0 Å². The third-order valence-electron chi connectivity index (χ3n) is 10.8. The lowest BCUT2D eigenvalue weighted by atomic mass is 9.95. The molecule has 4 aliphatic carbocycles. The van der Waals surface area contributed by atoms with Crippen LogP contribution in [-0.2, 0) is 25.7 Å². The second-order valence-electron chi connectivity index (χ2n) is 12.8. The molecule has 0 saturated heterocycles. The third kappa shape index (κ3) is 2.64. The van der Waals surface area contributed by atoms with E-state index < -0.39 is 0 Å². The zero-order valence-corrected chi connectivity index (χ0v) is 23.2. The highest BCUT2D eigenvalue weighted by atomic mass is 14.4. The number of hydrogen-bond acceptors (Lipinski definition) is 0. The summed E-state index contributed by atoms with van der Waals surface area (Å²) in [5.74, 6) is 0. The molecule has 194 valence electrons. The summed E-state index contributed by atoms with van der Waals surface area (Å²) in [6.45, 7) is 0. The van der Waals surface area contributed by atoms with E-state index in [-0.39, 0.29) is 0 Å². The lowest BCUT2D eigenvalue weighted by Crippen LogP contribution is -1.91. The van der Waals surface area contributed by atoms with Crippen LogP contribution in [0.2, 0.25) is 0 Å². The minimum atomic E-state index is 1.05. The van der Waals surface area contributed by atoms with Gasteiger partial charge >= 0.3 is 0 Å². The molecule has 0 amide bonds. The average Bonchev–Trinajstić information content (AvgIpc) is 3.78. The Morgan fingerprint density at radius 3 is 1.36 bits per heavy atom. The van der Waals surface area contributed by atoms with Crippen molar-refractivity contribution in [3.8, 4) is 44.5 Å². The first kappa shape index (κ1) is 21.8. The van der Waals surface area contributed by atoms with E-state index in [1.807, 2.05) is 0 Å². The molecule has 0 fully saturated rings. The van der Waals surface area contributed by atoms with Crippen molar-refractivity contribution >= 4 is 21.5 Å². The van der Waals surface area contributed by atoms with Gasteiger partial charge in [-0.25, -0.2) is 0 Å². The molecule has 0 heteroatoms. The van der Waals surface area contributed by atoms with E-state index in [4.69, 9.17) is 0 Å². The van der Waals surface area contributed by atoms with Crippen LogP contribution in [0.25, 0.3) is 66.1 Å². The van der Waals surface area contributed by atoms with E-state index >= 15 is 0 Å². The molecule has 0 atom stereocenters. The molecule has 42 heavy (non-hydrogen) atoms. The van der Waals surface area contributed by atoms with Gasteiger partial charge in [0.15, 0.2) is 0 Å². The minimum absolute atomic E-state index is 1.05. The molecule has 0 bridgehead atoms. The number of fused-ring (bicyclic) bond motifs is 17. The van der Waals surface area contributed by atoms with Crippen molar-refractivity contribution in [2.24, 2.45) is 0 Å². The summed E-state index contributed by atoms with van der Waals surface area (Å²) >= 11 is 0. The van der Waals surface area contributed by atoms with Crippen molar-refractivity contribution in [1.82, 2.24) is 0 Å². The summed E-state index contributed by atoms with van der Waals surface area (Å²) in [6.07, 6.45) is 4.20. The van der Waals surface area contributed by atoms with Crippen molar-refractivity contribution < 1.29 is 0 Å². The van der Waals surface area contributed by atoms with Gasteiger partial charge in [-0.3, -0.25) is 0 Å². The molecule has 0 heterocycles. The minimum Gasteiger partial charge on any atom is -0.0616 e. The van der Waals surface area contributed by atoms with Crippen LogP contribution >= 0.6 is 0 Å². The Kier molecular flexibility index (Phi) is 3.87. The second kappa shape index (κ2) is 7.46. The molecule has 0 aliphatic heterocycles. The topological polar surface area (TPSA) is 0 Å². The molecule has 4 aliphatic rings. The molecule has 0 aromatic heterocycles. The van der Waals surface area contributed by atoms with E-state index in [2.05, 4.69) is 109 Å². The zero-order chi connectivity index (χ0) is 27.1. The van der Waals surface area contributed by atoms with Crippen LogP contribution < -0.4 is 0 Å². The molecule has 0 spiro atoms. The van der Waals surface area contributed by atoms with Gasteiger partial charge < -0.3 is 0 Å². The van der Waals surface area contributed by atoms with Crippen LogP contribution in [0.1, 0.15) is 44.5 Å². The number of benzene rings is 7. The van der Waals surface area contributed by atoms with Crippen LogP contribution in [0.4, 0.5) is 0 Å².